The third-order valence-corrected chi connectivity index (χ3v) is 6.04. The van der Waals surface area contributed by atoms with E-state index in [0.717, 1.165) is 5.57 Å². The van der Waals surface area contributed by atoms with Crippen LogP contribution in [0.15, 0.2) is 109 Å². The summed E-state index contributed by atoms with van der Waals surface area (Å²) in [7, 11) is 0. The zero-order chi connectivity index (χ0) is 22.7. The van der Waals surface area contributed by atoms with E-state index in [1.807, 2.05) is 0 Å². The van der Waals surface area contributed by atoms with Crippen LogP contribution in [0.2, 0.25) is 0 Å². The molecule has 0 radical (unpaired) electrons. The quantitative estimate of drug-likeness (QED) is 0.285. The molecule has 0 nitrogen and oxygen atoms in total. The van der Waals surface area contributed by atoms with Crippen LogP contribution in [-0.2, 0) is 0 Å². The molecular formula is C32H30. The van der Waals surface area contributed by atoms with Crippen molar-refractivity contribution in [1.29, 1.82) is 0 Å². The first-order valence-electron chi connectivity index (χ1n) is 11.2. The summed E-state index contributed by atoms with van der Waals surface area (Å²) < 4.78 is 0. The molecule has 0 aliphatic rings. The standard InChI is InChI=1S/C32H30/c1-22(2)20-28(30-17-11-16-29(25(30)5)26-12-7-6-8-13-26)21-24(4)32-23(3)18-19-27-14-9-10-15-31(27)32/h6-21H,1H2,2-5H3. The van der Waals surface area contributed by atoms with Crippen LogP contribution in [0, 0.1) is 13.8 Å². The third-order valence-electron chi connectivity index (χ3n) is 6.04. The maximum atomic E-state index is 4.17. The zero-order valence-electron chi connectivity index (χ0n) is 19.4. The number of fused-ring (bicyclic) bond motifs is 1. The molecule has 0 saturated heterocycles. The van der Waals surface area contributed by atoms with E-state index in [2.05, 4.69) is 131 Å². The van der Waals surface area contributed by atoms with Gasteiger partial charge in [-0.15, -0.1) is 0 Å². The van der Waals surface area contributed by atoms with Crippen molar-refractivity contribution in [1.82, 2.24) is 0 Å². The van der Waals surface area contributed by atoms with Gasteiger partial charge in [-0.1, -0.05) is 109 Å². The molecule has 4 aromatic carbocycles. The maximum Gasteiger partial charge on any atom is -0.0106 e. The lowest BCUT2D eigenvalue weighted by atomic mass is 9.89. The highest BCUT2D eigenvalue weighted by Crippen LogP contribution is 2.34. The fourth-order valence-electron chi connectivity index (χ4n) is 4.55. The van der Waals surface area contributed by atoms with Crippen molar-refractivity contribution in [2.45, 2.75) is 27.7 Å². The van der Waals surface area contributed by atoms with Gasteiger partial charge in [-0.3, -0.25) is 0 Å². The fourth-order valence-corrected chi connectivity index (χ4v) is 4.55. The number of benzene rings is 4. The van der Waals surface area contributed by atoms with Gasteiger partial charge in [-0.05, 0) is 83.0 Å². The van der Waals surface area contributed by atoms with E-state index in [1.165, 1.54) is 55.3 Å². The molecule has 0 aromatic heterocycles. The second kappa shape index (κ2) is 9.24. The monoisotopic (exact) mass is 414 g/mol. The van der Waals surface area contributed by atoms with Crippen molar-refractivity contribution in [2.75, 3.05) is 0 Å². The van der Waals surface area contributed by atoms with Crippen molar-refractivity contribution in [3.05, 3.63) is 131 Å². The second-order valence-electron chi connectivity index (χ2n) is 8.60. The first-order chi connectivity index (χ1) is 15.5. The van der Waals surface area contributed by atoms with Gasteiger partial charge in [0.15, 0.2) is 0 Å². The molecule has 0 saturated carbocycles. The number of aryl methyl sites for hydroxylation is 1. The van der Waals surface area contributed by atoms with Crippen LogP contribution in [0.25, 0.3) is 33.0 Å². The van der Waals surface area contributed by atoms with Gasteiger partial charge >= 0.3 is 0 Å². The molecule has 0 amide bonds. The Morgan fingerprint density at radius 1 is 0.719 bits per heavy atom. The molecule has 0 fully saturated rings. The fraction of sp³-hybridized carbons (Fsp3) is 0.125. The minimum atomic E-state index is 1.04. The summed E-state index contributed by atoms with van der Waals surface area (Å²) in [6.07, 6.45) is 4.52. The molecule has 0 spiro atoms. The van der Waals surface area contributed by atoms with Crippen molar-refractivity contribution < 1.29 is 0 Å². The van der Waals surface area contributed by atoms with Crippen molar-refractivity contribution in [3.8, 4) is 11.1 Å². The smallest absolute Gasteiger partial charge is 0.0106 e. The van der Waals surface area contributed by atoms with Crippen molar-refractivity contribution in [2.24, 2.45) is 0 Å². The number of rotatable bonds is 5. The summed E-state index contributed by atoms with van der Waals surface area (Å²) in [6.45, 7) is 12.9. The van der Waals surface area contributed by atoms with Gasteiger partial charge in [0.1, 0.15) is 0 Å². The Morgan fingerprint density at radius 3 is 2.19 bits per heavy atom. The van der Waals surface area contributed by atoms with Gasteiger partial charge in [-0.25, -0.2) is 0 Å². The first-order valence-corrected chi connectivity index (χ1v) is 11.2. The predicted molar refractivity (Wildman–Crippen MR) is 142 cm³/mol. The number of allylic oxidation sites excluding steroid dienone is 5. The molecule has 4 rings (SSSR count). The Balaban J connectivity index is 1.89. The van der Waals surface area contributed by atoms with E-state index in [-0.39, 0.29) is 0 Å². The second-order valence-corrected chi connectivity index (χ2v) is 8.60. The highest BCUT2D eigenvalue weighted by molar-refractivity contribution is 5.98. The van der Waals surface area contributed by atoms with Gasteiger partial charge in [-0.2, -0.15) is 0 Å². The summed E-state index contributed by atoms with van der Waals surface area (Å²) in [4.78, 5) is 0. The van der Waals surface area contributed by atoms with Crippen LogP contribution in [0.3, 0.4) is 0 Å². The van der Waals surface area contributed by atoms with Gasteiger partial charge < -0.3 is 0 Å². The Morgan fingerprint density at radius 2 is 1.44 bits per heavy atom. The summed E-state index contributed by atoms with van der Waals surface area (Å²) >= 11 is 0. The summed E-state index contributed by atoms with van der Waals surface area (Å²) in [5, 5.41) is 2.57. The van der Waals surface area contributed by atoms with Gasteiger partial charge in [0.05, 0.1) is 0 Å². The molecule has 0 heteroatoms. The van der Waals surface area contributed by atoms with E-state index < -0.39 is 0 Å². The van der Waals surface area contributed by atoms with Gasteiger partial charge in [0, 0.05) is 0 Å². The van der Waals surface area contributed by atoms with Gasteiger partial charge in [0.25, 0.3) is 0 Å². The SMILES string of the molecule is C=C(C)C=C(C=C(C)c1c(C)ccc2ccccc12)c1cccc(-c2ccccc2)c1C. The van der Waals surface area contributed by atoms with E-state index in [0.29, 0.717) is 0 Å². The average Bonchev–Trinajstić information content (AvgIpc) is 2.79. The Kier molecular flexibility index (Phi) is 6.23. The highest BCUT2D eigenvalue weighted by atomic mass is 14.2. The highest BCUT2D eigenvalue weighted by Gasteiger charge is 2.12. The summed E-state index contributed by atoms with van der Waals surface area (Å²) in [5.41, 5.74) is 11.1. The molecule has 0 aliphatic heterocycles. The lowest BCUT2D eigenvalue weighted by Gasteiger charge is -2.16. The van der Waals surface area contributed by atoms with Crippen LogP contribution in [0.1, 0.15) is 36.1 Å². The van der Waals surface area contributed by atoms with E-state index >= 15 is 0 Å². The van der Waals surface area contributed by atoms with Crippen LogP contribution in [-0.4, -0.2) is 0 Å². The minimum absolute atomic E-state index is 1.04. The molecule has 158 valence electrons. The van der Waals surface area contributed by atoms with Crippen LogP contribution in [0.5, 0.6) is 0 Å². The molecular weight excluding hydrogens is 384 g/mol. The lowest BCUT2D eigenvalue weighted by molar-refractivity contribution is 1.41. The molecule has 0 bridgehead atoms. The predicted octanol–water partition coefficient (Wildman–Crippen LogP) is 9.19. The average molecular weight is 415 g/mol. The Bertz CT molecular complexity index is 1350. The van der Waals surface area contributed by atoms with Crippen LogP contribution >= 0.6 is 0 Å². The first kappa shape index (κ1) is 21.6. The molecule has 4 aromatic rings. The van der Waals surface area contributed by atoms with Gasteiger partial charge in [0.2, 0.25) is 0 Å². The normalized spacial score (nSPS) is 12.2. The zero-order valence-corrected chi connectivity index (χ0v) is 19.4. The van der Waals surface area contributed by atoms with E-state index in [4.69, 9.17) is 0 Å². The largest absolute Gasteiger partial charge is 0.0961 e. The minimum Gasteiger partial charge on any atom is -0.0961 e. The topological polar surface area (TPSA) is 0 Å². The maximum absolute atomic E-state index is 4.17. The molecule has 0 atom stereocenters. The number of hydrogen-bond donors (Lipinski definition) is 0. The summed E-state index contributed by atoms with van der Waals surface area (Å²) in [5.74, 6) is 0. The number of hydrogen-bond acceptors (Lipinski definition) is 0. The molecule has 0 aliphatic carbocycles. The molecule has 0 N–H and O–H groups in total. The van der Waals surface area contributed by atoms with Crippen LogP contribution in [0.4, 0.5) is 0 Å². The lowest BCUT2D eigenvalue weighted by Crippen LogP contribution is -1.94. The van der Waals surface area contributed by atoms with Crippen molar-refractivity contribution >= 4 is 21.9 Å². The molecule has 32 heavy (non-hydrogen) atoms. The Hall–Kier alpha value is -3.64. The third kappa shape index (κ3) is 4.36. The van der Waals surface area contributed by atoms with E-state index in [9.17, 15) is 0 Å². The summed E-state index contributed by atoms with van der Waals surface area (Å²) in [6, 6.07) is 30.2. The molecule has 0 unspecified atom stereocenters. The Labute approximate surface area is 192 Å². The van der Waals surface area contributed by atoms with E-state index in [1.54, 1.807) is 0 Å². The van der Waals surface area contributed by atoms with Crippen molar-refractivity contribution in [3.63, 3.8) is 0 Å². The van der Waals surface area contributed by atoms with Crippen LogP contribution < -0.4 is 0 Å². The molecule has 0 heterocycles.